The average Bonchev–Trinajstić information content (AvgIpc) is 3.44. The molecule has 1 fully saturated rings. The molecule has 1 atom stereocenters. The number of nitrogens with zero attached hydrogens (tertiary/aromatic N) is 2. The van der Waals surface area contributed by atoms with Crippen LogP contribution in [0, 0.1) is 25.2 Å². The Kier molecular flexibility index (Phi) is 6.66. The van der Waals surface area contributed by atoms with Crippen LogP contribution in [0.1, 0.15) is 22.5 Å². The van der Waals surface area contributed by atoms with Crippen LogP contribution in [0.4, 0.5) is 5.69 Å². The highest BCUT2D eigenvalue weighted by atomic mass is 32.2. The first-order valence-electron chi connectivity index (χ1n) is 10.5. The van der Waals surface area contributed by atoms with Gasteiger partial charge < -0.3 is 9.73 Å². The summed E-state index contributed by atoms with van der Waals surface area (Å²) in [5, 5.41) is 12.5. The lowest BCUT2D eigenvalue weighted by molar-refractivity contribution is -0.117. The van der Waals surface area contributed by atoms with Crippen LogP contribution in [0.15, 0.2) is 81.9 Å². The Morgan fingerprint density at radius 2 is 1.88 bits per heavy atom. The molecule has 0 radical (unpaired) electrons. The second-order valence-electron chi connectivity index (χ2n) is 7.80. The molecule has 1 aromatic heterocycles. The third-order valence-corrected chi connectivity index (χ3v) is 6.73. The van der Waals surface area contributed by atoms with Crippen molar-refractivity contribution in [3.8, 4) is 6.07 Å². The average molecular weight is 458 g/mol. The Balaban J connectivity index is 1.69. The smallest absolute Gasteiger partial charge is 0.265 e. The van der Waals surface area contributed by atoms with Gasteiger partial charge >= 0.3 is 0 Å². The minimum Gasteiger partial charge on any atom is -0.467 e. The molecule has 4 rings (SSSR count). The van der Waals surface area contributed by atoms with E-state index < -0.39 is 11.2 Å². The van der Waals surface area contributed by atoms with Crippen LogP contribution in [-0.2, 0) is 22.6 Å². The molecule has 6 nitrogen and oxygen atoms in total. The first-order chi connectivity index (χ1) is 16.0. The van der Waals surface area contributed by atoms with Gasteiger partial charge in [-0.25, -0.2) is 0 Å². The standard InChI is InChI=1S/C26H23N3O3S/c1-17-9-11-20(12-10-17)29-25(31)23(14-19-7-4-3-6-18(19)2)33-26(29)22(15-27)24(30)28-16-21-8-5-13-32-21/h3-13,23H,14,16H2,1-2H3,(H,28,30). The largest absolute Gasteiger partial charge is 0.467 e. The molecule has 33 heavy (non-hydrogen) atoms. The highest BCUT2D eigenvalue weighted by Crippen LogP contribution is 2.42. The van der Waals surface area contributed by atoms with Crippen molar-refractivity contribution >= 4 is 29.3 Å². The summed E-state index contributed by atoms with van der Waals surface area (Å²) in [6, 6.07) is 20.9. The fourth-order valence-corrected chi connectivity index (χ4v) is 4.92. The van der Waals surface area contributed by atoms with Crippen LogP contribution in [0.3, 0.4) is 0 Å². The van der Waals surface area contributed by atoms with Gasteiger partial charge in [0.2, 0.25) is 5.91 Å². The SMILES string of the molecule is Cc1ccc(N2C(=O)C(Cc3ccccc3C)SC2=C(C#N)C(=O)NCc2ccco2)cc1. The second kappa shape index (κ2) is 9.80. The zero-order chi connectivity index (χ0) is 23.4. The van der Waals surface area contributed by atoms with Gasteiger partial charge in [0.25, 0.3) is 5.91 Å². The summed E-state index contributed by atoms with van der Waals surface area (Å²) in [5.74, 6) is -0.111. The van der Waals surface area contributed by atoms with Crippen LogP contribution in [0.5, 0.6) is 0 Å². The van der Waals surface area contributed by atoms with Crippen LogP contribution in [-0.4, -0.2) is 17.1 Å². The summed E-state index contributed by atoms with van der Waals surface area (Å²) in [6.07, 6.45) is 2.03. The van der Waals surface area contributed by atoms with Gasteiger partial charge in [0.1, 0.15) is 22.4 Å². The van der Waals surface area contributed by atoms with Gasteiger partial charge in [0.05, 0.1) is 18.1 Å². The zero-order valence-corrected chi connectivity index (χ0v) is 19.2. The molecule has 1 saturated heterocycles. The molecule has 1 aliphatic rings. The highest BCUT2D eigenvalue weighted by molar-refractivity contribution is 8.05. The predicted octanol–water partition coefficient (Wildman–Crippen LogP) is 4.64. The highest BCUT2D eigenvalue weighted by Gasteiger charge is 2.40. The number of hydrogen-bond acceptors (Lipinski definition) is 5. The quantitative estimate of drug-likeness (QED) is 0.431. The van der Waals surface area contributed by atoms with E-state index in [0.29, 0.717) is 22.9 Å². The van der Waals surface area contributed by atoms with E-state index >= 15 is 0 Å². The number of benzene rings is 2. The lowest BCUT2D eigenvalue weighted by Gasteiger charge is -2.19. The van der Waals surface area contributed by atoms with E-state index in [4.69, 9.17) is 4.42 Å². The maximum absolute atomic E-state index is 13.5. The van der Waals surface area contributed by atoms with Gasteiger partial charge in [0.15, 0.2) is 0 Å². The van der Waals surface area contributed by atoms with Crippen molar-refractivity contribution in [3.05, 3.63) is 100.0 Å². The first-order valence-corrected chi connectivity index (χ1v) is 11.4. The minimum atomic E-state index is -0.544. The fourth-order valence-electron chi connectivity index (χ4n) is 3.62. The third-order valence-electron chi connectivity index (χ3n) is 5.47. The van der Waals surface area contributed by atoms with E-state index in [2.05, 4.69) is 5.32 Å². The number of nitriles is 1. The molecule has 0 spiro atoms. The number of furan rings is 1. The maximum atomic E-state index is 13.5. The van der Waals surface area contributed by atoms with Crippen molar-refractivity contribution in [2.75, 3.05) is 4.90 Å². The number of thioether (sulfide) groups is 1. The number of hydrogen-bond donors (Lipinski definition) is 1. The number of amides is 2. The molecule has 1 unspecified atom stereocenters. The summed E-state index contributed by atoms with van der Waals surface area (Å²) in [6.45, 7) is 4.13. The molecule has 2 heterocycles. The molecule has 1 aliphatic heterocycles. The van der Waals surface area contributed by atoms with E-state index in [1.54, 1.807) is 12.1 Å². The summed E-state index contributed by atoms with van der Waals surface area (Å²) < 4.78 is 5.25. The van der Waals surface area contributed by atoms with Crippen molar-refractivity contribution in [2.24, 2.45) is 0 Å². The van der Waals surface area contributed by atoms with Gasteiger partial charge in [-0.2, -0.15) is 5.26 Å². The van der Waals surface area contributed by atoms with E-state index in [1.807, 2.05) is 68.4 Å². The third kappa shape index (κ3) is 4.86. The number of rotatable bonds is 6. The summed E-state index contributed by atoms with van der Waals surface area (Å²) in [4.78, 5) is 27.9. The summed E-state index contributed by atoms with van der Waals surface area (Å²) >= 11 is 1.26. The molecule has 2 aromatic carbocycles. The lowest BCUT2D eigenvalue weighted by atomic mass is 10.0. The number of aryl methyl sites for hydroxylation is 2. The summed E-state index contributed by atoms with van der Waals surface area (Å²) in [5.41, 5.74) is 3.76. The Hall–Kier alpha value is -3.76. The van der Waals surface area contributed by atoms with E-state index in [1.165, 1.54) is 22.9 Å². The Morgan fingerprint density at radius 1 is 1.12 bits per heavy atom. The van der Waals surface area contributed by atoms with E-state index in [9.17, 15) is 14.9 Å². The minimum absolute atomic E-state index is 0.0900. The van der Waals surface area contributed by atoms with Crippen molar-refractivity contribution in [3.63, 3.8) is 0 Å². The van der Waals surface area contributed by atoms with Gasteiger partial charge in [-0.15, -0.1) is 0 Å². The van der Waals surface area contributed by atoms with Crippen LogP contribution >= 0.6 is 11.8 Å². The fraction of sp³-hybridized carbons (Fsp3) is 0.192. The number of anilines is 1. The molecule has 7 heteroatoms. The van der Waals surface area contributed by atoms with Gasteiger partial charge in [-0.3, -0.25) is 14.5 Å². The number of nitrogens with one attached hydrogen (secondary N) is 1. The van der Waals surface area contributed by atoms with Crippen molar-refractivity contribution in [1.82, 2.24) is 5.32 Å². The van der Waals surface area contributed by atoms with Crippen molar-refractivity contribution < 1.29 is 14.0 Å². The molecule has 0 aliphatic carbocycles. The zero-order valence-electron chi connectivity index (χ0n) is 18.4. The Bertz CT molecular complexity index is 1240. The molecule has 0 saturated carbocycles. The normalized spacial score (nSPS) is 17.1. The van der Waals surface area contributed by atoms with Crippen LogP contribution < -0.4 is 10.2 Å². The molecule has 0 bridgehead atoms. The molecule has 166 valence electrons. The molecule has 1 N–H and O–H groups in total. The predicted molar refractivity (Wildman–Crippen MR) is 128 cm³/mol. The van der Waals surface area contributed by atoms with Gasteiger partial charge in [0, 0.05) is 5.69 Å². The topological polar surface area (TPSA) is 86.3 Å². The maximum Gasteiger partial charge on any atom is 0.265 e. The Labute approximate surface area is 196 Å². The molecular weight excluding hydrogens is 434 g/mol. The van der Waals surface area contributed by atoms with Gasteiger partial charge in [-0.1, -0.05) is 53.7 Å². The lowest BCUT2D eigenvalue weighted by Crippen LogP contribution is -2.32. The molecule has 2 amide bonds. The van der Waals surface area contributed by atoms with E-state index in [-0.39, 0.29) is 18.0 Å². The van der Waals surface area contributed by atoms with Gasteiger partial charge in [-0.05, 0) is 55.7 Å². The monoisotopic (exact) mass is 457 g/mol. The number of carbonyl (C=O) groups excluding carboxylic acids is 2. The van der Waals surface area contributed by atoms with Crippen molar-refractivity contribution in [1.29, 1.82) is 5.26 Å². The number of carbonyl (C=O) groups is 2. The van der Waals surface area contributed by atoms with E-state index in [0.717, 1.165) is 16.7 Å². The van der Waals surface area contributed by atoms with Crippen LogP contribution in [0.25, 0.3) is 0 Å². The first kappa shape index (κ1) is 22.4. The Morgan fingerprint density at radius 3 is 2.55 bits per heavy atom. The summed E-state index contributed by atoms with van der Waals surface area (Å²) in [7, 11) is 0. The van der Waals surface area contributed by atoms with Crippen molar-refractivity contribution in [2.45, 2.75) is 32.1 Å². The molecule has 3 aromatic rings. The van der Waals surface area contributed by atoms with Crippen LogP contribution in [0.2, 0.25) is 0 Å². The second-order valence-corrected chi connectivity index (χ2v) is 8.99. The molecular formula is C26H23N3O3S.